The summed E-state index contributed by atoms with van der Waals surface area (Å²) in [6.45, 7) is 0.568. The molecule has 0 bridgehead atoms. The Morgan fingerprint density at radius 2 is 2.09 bits per heavy atom. The highest BCUT2D eigenvalue weighted by molar-refractivity contribution is 7.89. The Hall–Kier alpha value is -2.26. The summed E-state index contributed by atoms with van der Waals surface area (Å²) in [7, 11) is -3.63. The fourth-order valence-electron chi connectivity index (χ4n) is 2.58. The van der Waals surface area contributed by atoms with Crippen molar-refractivity contribution in [3.05, 3.63) is 37.1 Å². The van der Waals surface area contributed by atoms with E-state index in [1.807, 2.05) is 0 Å². The van der Waals surface area contributed by atoms with Gasteiger partial charge in [-0.3, -0.25) is 9.78 Å². The molecule has 2 aromatic rings. The second-order valence-electron chi connectivity index (χ2n) is 5.34. The van der Waals surface area contributed by atoms with E-state index < -0.39 is 10.0 Å². The lowest BCUT2D eigenvalue weighted by atomic mass is 9.99. The molecule has 0 aliphatic carbocycles. The number of anilines is 1. The first-order valence-electron chi connectivity index (χ1n) is 7.27. The molecule has 2 N–H and O–H groups in total. The monoisotopic (exact) mass is 335 g/mol. The first-order valence-corrected chi connectivity index (χ1v) is 8.71. The molecule has 23 heavy (non-hydrogen) atoms. The van der Waals surface area contributed by atoms with Crippen molar-refractivity contribution in [2.45, 2.75) is 17.9 Å². The third-order valence-electron chi connectivity index (χ3n) is 3.79. The van der Waals surface area contributed by atoms with E-state index in [4.69, 9.17) is 0 Å². The van der Waals surface area contributed by atoms with Crippen molar-refractivity contribution >= 4 is 21.6 Å². The van der Waals surface area contributed by atoms with Crippen LogP contribution in [0.3, 0.4) is 0 Å². The summed E-state index contributed by atoms with van der Waals surface area (Å²) in [4.78, 5) is 22.6. The number of hydrogen-bond acceptors (Lipinski definition) is 5. The van der Waals surface area contributed by atoms with Gasteiger partial charge in [0.25, 0.3) is 10.0 Å². The molecule has 3 rings (SSSR count). The van der Waals surface area contributed by atoms with Gasteiger partial charge < -0.3 is 10.3 Å². The Bertz CT molecular complexity index is 761. The van der Waals surface area contributed by atoms with Crippen LogP contribution in [0.4, 0.5) is 5.69 Å². The lowest BCUT2D eigenvalue weighted by molar-refractivity contribution is -0.120. The molecule has 0 aromatic carbocycles. The third-order valence-corrected chi connectivity index (χ3v) is 5.58. The highest BCUT2D eigenvalue weighted by Gasteiger charge is 2.34. The highest BCUT2D eigenvalue weighted by atomic mass is 32.2. The summed E-state index contributed by atoms with van der Waals surface area (Å²) in [6.07, 6.45) is 7.07. The van der Waals surface area contributed by atoms with Gasteiger partial charge in [0.15, 0.2) is 5.03 Å². The van der Waals surface area contributed by atoms with Gasteiger partial charge in [0.1, 0.15) is 0 Å². The average Bonchev–Trinajstić information content (AvgIpc) is 3.11. The Kier molecular flexibility index (Phi) is 4.39. The number of H-pyrrole nitrogens is 1. The van der Waals surface area contributed by atoms with Crippen molar-refractivity contribution in [2.75, 3.05) is 18.4 Å². The number of amides is 1. The van der Waals surface area contributed by atoms with Gasteiger partial charge in [0, 0.05) is 31.2 Å². The van der Waals surface area contributed by atoms with E-state index in [0.717, 1.165) is 0 Å². The van der Waals surface area contributed by atoms with E-state index in [1.165, 1.54) is 16.8 Å². The summed E-state index contributed by atoms with van der Waals surface area (Å²) in [5.41, 5.74) is 0.651. The minimum Gasteiger partial charge on any atom is -0.335 e. The maximum Gasteiger partial charge on any atom is 0.260 e. The van der Waals surface area contributed by atoms with Crippen LogP contribution in [-0.2, 0) is 14.8 Å². The molecule has 3 heterocycles. The lowest BCUT2D eigenvalue weighted by Crippen LogP contribution is -2.43. The van der Waals surface area contributed by atoms with Gasteiger partial charge >= 0.3 is 0 Å². The molecular formula is C14H17N5O3S. The van der Waals surface area contributed by atoms with Crippen molar-refractivity contribution in [3.8, 4) is 0 Å². The molecule has 0 radical (unpaired) electrons. The SMILES string of the molecule is O=C(Nc1ccncc1)C1CCCN(S(=O)(=O)c2cnc[nH]2)C1. The van der Waals surface area contributed by atoms with E-state index >= 15 is 0 Å². The van der Waals surface area contributed by atoms with Gasteiger partial charge in [-0.15, -0.1) is 0 Å². The van der Waals surface area contributed by atoms with Crippen LogP contribution in [0.5, 0.6) is 0 Å². The van der Waals surface area contributed by atoms with Crippen LogP contribution in [0.2, 0.25) is 0 Å². The molecule has 1 amide bonds. The van der Waals surface area contributed by atoms with Crippen molar-refractivity contribution in [1.82, 2.24) is 19.3 Å². The van der Waals surface area contributed by atoms with Crippen LogP contribution in [-0.4, -0.2) is 46.7 Å². The van der Waals surface area contributed by atoms with Crippen LogP contribution >= 0.6 is 0 Å². The number of rotatable bonds is 4. The number of imidazole rings is 1. The molecule has 9 heteroatoms. The topological polar surface area (TPSA) is 108 Å². The van der Waals surface area contributed by atoms with E-state index in [1.54, 1.807) is 24.5 Å². The van der Waals surface area contributed by atoms with E-state index in [-0.39, 0.29) is 23.4 Å². The molecular weight excluding hydrogens is 318 g/mol. The number of sulfonamides is 1. The molecule has 122 valence electrons. The number of hydrogen-bond donors (Lipinski definition) is 2. The molecule has 1 aliphatic heterocycles. The number of carbonyl (C=O) groups excluding carboxylic acids is 1. The fraction of sp³-hybridized carbons (Fsp3) is 0.357. The van der Waals surface area contributed by atoms with E-state index in [0.29, 0.717) is 25.1 Å². The fourth-order valence-corrected chi connectivity index (χ4v) is 4.00. The van der Waals surface area contributed by atoms with E-state index in [2.05, 4.69) is 20.3 Å². The first-order chi connectivity index (χ1) is 11.1. The summed E-state index contributed by atoms with van der Waals surface area (Å²) >= 11 is 0. The normalized spacial score (nSPS) is 19.4. The summed E-state index contributed by atoms with van der Waals surface area (Å²) < 4.78 is 26.3. The zero-order chi connectivity index (χ0) is 16.3. The Morgan fingerprint density at radius 1 is 1.30 bits per heavy atom. The van der Waals surface area contributed by atoms with Crippen molar-refractivity contribution in [3.63, 3.8) is 0 Å². The Morgan fingerprint density at radius 3 is 2.78 bits per heavy atom. The van der Waals surface area contributed by atoms with Crippen LogP contribution < -0.4 is 5.32 Å². The number of pyridine rings is 1. The minimum absolute atomic E-state index is 0.0488. The molecule has 8 nitrogen and oxygen atoms in total. The van der Waals surface area contributed by atoms with Gasteiger partial charge in [-0.2, -0.15) is 4.31 Å². The molecule has 2 aromatic heterocycles. The molecule has 1 fully saturated rings. The molecule has 0 saturated carbocycles. The summed E-state index contributed by atoms with van der Waals surface area (Å²) in [5, 5.41) is 2.85. The van der Waals surface area contributed by atoms with Crippen LogP contribution in [0, 0.1) is 5.92 Å². The molecule has 1 aliphatic rings. The smallest absolute Gasteiger partial charge is 0.260 e. The van der Waals surface area contributed by atoms with Crippen LogP contribution in [0.1, 0.15) is 12.8 Å². The number of aromatic nitrogens is 3. The van der Waals surface area contributed by atoms with Crippen LogP contribution in [0.15, 0.2) is 42.1 Å². The quantitative estimate of drug-likeness (QED) is 0.861. The number of carbonyl (C=O) groups is 1. The van der Waals surface area contributed by atoms with E-state index in [9.17, 15) is 13.2 Å². The first kappa shape index (κ1) is 15.6. The molecule has 1 unspecified atom stereocenters. The zero-order valence-corrected chi connectivity index (χ0v) is 13.2. The predicted molar refractivity (Wildman–Crippen MR) is 82.9 cm³/mol. The third kappa shape index (κ3) is 3.40. The zero-order valence-electron chi connectivity index (χ0n) is 12.3. The lowest BCUT2D eigenvalue weighted by Gasteiger charge is -2.30. The largest absolute Gasteiger partial charge is 0.335 e. The van der Waals surface area contributed by atoms with Crippen molar-refractivity contribution in [1.29, 1.82) is 0 Å². The standard InChI is InChI=1S/C14H17N5O3S/c20-14(18-12-3-5-15-6-4-12)11-2-1-7-19(9-11)23(21,22)13-8-16-10-17-13/h3-6,8,10-11H,1-2,7,9H2,(H,16,17)(H,15,18,20). The minimum atomic E-state index is -3.63. The second-order valence-corrected chi connectivity index (χ2v) is 7.25. The van der Waals surface area contributed by atoms with Crippen molar-refractivity contribution in [2.24, 2.45) is 5.92 Å². The molecule has 1 saturated heterocycles. The van der Waals surface area contributed by atoms with Gasteiger partial charge in [0.2, 0.25) is 5.91 Å². The highest BCUT2D eigenvalue weighted by Crippen LogP contribution is 2.23. The van der Waals surface area contributed by atoms with Crippen LogP contribution in [0.25, 0.3) is 0 Å². The number of nitrogens with zero attached hydrogens (tertiary/aromatic N) is 3. The van der Waals surface area contributed by atoms with Gasteiger partial charge in [-0.05, 0) is 25.0 Å². The summed E-state index contributed by atoms with van der Waals surface area (Å²) in [6, 6.07) is 3.39. The molecule has 1 atom stereocenters. The maximum atomic E-state index is 12.5. The van der Waals surface area contributed by atoms with Gasteiger partial charge in [-0.1, -0.05) is 0 Å². The average molecular weight is 335 g/mol. The number of aromatic amines is 1. The summed E-state index contributed by atoms with van der Waals surface area (Å²) in [5.74, 6) is -0.560. The Labute approximate surface area is 134 Å². The van der Waals surface area contributed by atoms with Gasteiger partial charge in [0.05, 0.1) is 18.4 Å². The maximum absolute atomic E-state index is 12.5. The number of nitrogens with one attached hydrogen (secondary N) is 2. The van der Waals surface area contributed by atoms with Gasteiger partial charge in [-0.25, -0.2) is 13.4 Å². The molecule has 0 spiro atoms. The predicted octanol–water partition coefficient (Wildman–Crippen LogP) is 0.844. The van der Waals surface area contributed by atoms with Crippen molar-refractivity contribution < 1.29 is 13.2 Å². The Balaban J connectivity index is 1.70. The number of piperidine rings is 1. The second kappa shape index (κ2) is 6.47.